The Bertz CT molecular complexity index is 309. The summed E-state index contributed by atoms with van der Waals surface area (Å²) in [6, 6.07) is 6.49. The maximum absolute atomic E-state index is 10.3. The lowest BCUT2D eigenvalue weighted by Crippen LogP contribution is -1.94. The van der Waals surface area contributed by atoms with Crippen molar-refractivity contribution in [1.82, 2.24) is 0 Å². The summed E-state index contributed by atoms with van der Waals surface area (Å²) in [5.41, 5.74) is 0.309. The zero-order chi connectivity index (χ0) is 10.3. The lowest BCUT2D eigenvalue weighted by atomic mass is 10.2. The third kappa shape index (κ3) is 5.05. The Balaban J connectivity index is 0.000000424. The molecule has 0 saturated heterocycles. The number of halogens is 1. The van der Waals surface area contributed by atoms with Crippen LogP contribution in [0.5, 0.6) is 0 Å². The summed E-state index contributed by atoms with van der Waals surface area (Å²) >= 11 is 3.20. The van der Waals surface area contributed by atoms with E-state index in [4.69, 9.17) is 5.11 Å². The van der Waals surface area contributed by atoms with Gasteiger partial charge in [0.05, 0.1) is 5.56 Å². The van der Waals surface area contributed by atoms with Gasteiger partial charge in [-0.05, 0) is 31.2 Å². The molecule has 0 amide bonds. The van der Waals surface area contributed by atoms with Gasteiger partial charge < -0.3 is 5.11 Å². The van der Waals surface area contributed by atoms with E-state index in [-0.39, 0.29) is 0 Å². The maximum atomic E-state index is 10.3. The number of benzene rings is 1. The van der Waals surface area contributed by atoms with Crippen molar-refractivity contribution in [2.24, 2.45) is 0 Å². The second-order valence-electron chi connectivity index (χ2n) is 2.10. The summed E-state index contributed by atoms with van der Waals surface area (Å²) in [6.45, 7) is 1.65. The molecule has 0 heterocycles. The van der Waals surface area contributed by atoms with E-state index >= 15 is 0 Å². The quantitative estimate of drug-likeness (QED) is 0.767. The third-order valence-electron chi connectivity index (χ3n) is 1.09. The van der Waals surface area contributed by atoms with Gasteiger partial charge in [-0.25, -0.2) is 4.79 Å². The van der Waals surface area contributed by atoms with Crippen molar-refractivity contribution in [2.75, 3.05) is 0 Å². The first-order valence-electron chi connectivity index (χ1n) is 3.48. The monoisotopic (exact) mass is 240 g/mol. The molecule has 13 heavy (non-hydrogen) atoms. The fourth-order valence-electron chi connectivity index (χ4n) is 0.592. The molecule has 0 unspecified atom stereocenters. The Morgan fingerprint density at radius 3 is 2.15 bits per heavy atom. The van der Waals surface area contributed by atoms with E-state index in [0.717, 1.165) is 4.47 Å². The fourth-order valence-corrected chi connectivity index (χ4v) is 0.857. The first-order chi connectivity index (χ1) is 6.11. The number of aromatic carboxylic acids is 1. The van der Waals surface area contributed by atoms with Gasteiger partial charge in [0.1, 0.15) is 0 Å². The van der Waals surface area contributed by atoms with E-state index in [0.29, 0.717) is 5.56 Å². The highest BCUT2D eigenvalue weighted by molar-refractivity contribution is 9.10. The van der Waals surface area contributed by atoms with Gasteiger partial charge in [-0.1, -0.05) is 15.9 Å². The largest absolute Gasteiger partial charge is 0.478 e. The normalized spacial score (nSPS) is 7.77. The Morgan fingerprint density at radius 1 is 1.46 bits per heavy atom. The molecule has 0 atom stereocenters. The van der Waals surface area contributed by atoms with Gasteiger partial charge in [-0.2, -0.15) is 0 Å². The summed E-state index contributed by atoms with van der Waals surface area (Å²) in [7, 11) is 0. The molecule has 1 aromatic rings. The third-order valence-corrected chi connectivity index (χ3v) is 1.62. The molecule has 0 aliphatic heterocycles. The van der Waals surface area contributed by atoms with E-state index in [1.165, 1.54) is 0 Å². The number of carboxylic acid groups (broad SMARTS) is 1. The number of terminal acetylenes is 1. The number of carboxylic acids is 1. The summed E-state index contributed by atoms with van der Waals surface area (Å²) in [5.74, 6) is 1.35. The summed E-state index contributed by atoms with van der Waals surface area (Å²) in [5, 5.41) is 8.46. The van der Waals surface area contributed by atoms with Crippen molar-refractivity contribution >= 4 is 21.9 Å². The van der Waals surface area contributed by atoms with Gasteiger partial charge in [-0.15, -0.1) is 12.3 Å². The zero-order valence-electron chi connectivity index (χ0n) is 7.12. The minimum absolute atomic E-state index is 0.309. The van der Waals surface area contributed by atoms with Crippen LogP contribution in [0.1, 0.15) is 17.3 Å². The van der Waals surface area contributed by atoms with Gasteiger partial charge in [0.15, 0.2) is 0 Å². The minimum Gasteiger partial charge on any atom is -0.478 e. The molecule has 1 aromatic carbocycles. The Kier molecular flexibility index (Phi) is 5.66. The van der Waals surface area contributed by atoms with Crippen LogP contribution in [-0.4, -0.2) is 11.1 Å². The molecule has 0 bridgehead atoms. The van der Waals surface area contributed by atoms with Gasteiger partial charge in [0.2, 0.25) is 0 Å². The predicted octanol–water partition coefficient (Wildman–Crippen LogP) is 2.79. The second-order valence-corrected chi connectivity index (χ2v) is 3.02. The Labute approximate surface area is 85.7 Å². The number of carbonyl (C=O) groups is 1. The molecule has 0 aliphatic rings. The lowest BCUT2D eigenvalue weighted by molar-refractivity contribution is 0.0697. The molecule has 2 nitrogen and oxygen atoms in total. The zero-order valence-corrected chi connectivity index (χ0v) is 8.71. The van der Waals surface area contributed by atoms with Crippen LogP contribution in [0.2, 0.25) is 0 Å². The van der Waals surface area contributed by atoms with Crippen LogP contribution >= 0.6 is 15.9 Å². The topological polar surface area (TPSA) is 37.3 Å². The van der Waals surface area contributed by atoms with Crippen LogP contribution in [0.15, 0.2) is 28.7 Å². The van der Waals surface area contributed by atoms with Gasteiger partial charge in [-0.3, -0.25) is 0 Å². The van der Waals surface area contributed by atoms with E-state index in [9.17, 15) is 4.79 Å². The van der Waals surface area contributed by atoms with Crippen molar-refractivity contribution in [1.29, 1.82) is 0 Å². The molecule has 0 spiro atoms. The number of rotatable bonds is 1. The van der Waals surface area contributed by atoms with Crippen LogP contribution in [0, 0.1) is 12.3 Å². The molecule has 68 valence electrons. The van der Waals surface area contributed by atoms with E-state index < -0.39 is 5.97 Å². The predicted molar refractivity (Wildman–Crippen MR) is 55.6 cm³/mol. The highest BCUT2D eigenvalue weighted by Crippen LogP contribution is 2.09. The standard InChI is InChI=1S/C7H5BrO2.C3H4/c8-6-3-1-5(2-4-6)7(9)10;1-3-2/h1-4H,(H,9,10);1H,2H3. The average Bonchev–Trinajstić information content (AvgIpc) is 2.06. The van der Waals surface area contributed by atoms with Crippen molar-refractivity contribution in [3.05, 3.63) is 34.3 Å². The minimum atomic E-state index is -0.896. The molecular formula is C10H9BrO2. The second kappa shape index (κ2) is 6.27. The van der Waals surface area contributed by atoms with Gasteiger partial charge in [0, 0.05) is 4.47 Å². The average molecular weight is 241 g/mol. The van der Waals surface area contributed by atoms with Gasteiger partial charge in [0.25, 0.3) is 0 Å². The molecule has 0 aromatic heterocycles. The van der Waals surface area contributed by atoms with Crippen molar-refractivity contribution in [2.45, 2.75) is 6.92 Å². The fraction of sp³-hybridized carbons (Fsp3) is 0.100. The summed E-state index contributed by atoms with van der Waals surface area (Å²) < 4.78 is 0.887. The van der Waals surface area contributed by atoms with Gasteiger partial charge >= 0.3 is 5.97 Å². The lowest BCUT2D eigenvalue weighted by Gasteiger charge is -1.91. The van der Waals surface area contributed by atoms with Crippen LogP contribution in [0.4, 0.5) is 0 Å². The number of hydrogen-bond acceptors (Lipinski definition) is 1. The maximum Gasteiger partial charge on any atom is 0.335 e. The molecule has 0 saturated carbocycles. The van der Waals surface area contributed by atoms with Crippen molar-refractivity contribution in [3.63, 3.8) is 0 Å². The highest BCUT2D eigenvalue weighted by atomic mass is 79.9. The van der Waals surface area contributed by atoms with Crippen LogP contribution in [0.3, 0.4) is 0 Å². The Hall–Kier alpha value is -1.27. The smallest absolute Gasteiger partial charge is 0.335 e. The molecule has 1 N–H and O–H groups in total. The van der Waals surface area contributed by atoms with Crippen LogP contribution < -0.4 is 0 Å². The van der Waals surface area contributed by atoms with Crippen molar-refractivity contribution < 1.29 is 9.90 Å². The van der Waals surface area contributed by atoms with E-state index in [1.54, 1.807) is 31.2 Å². The van der Waals surface area contributed by atoms with E-state index in [2.05, 4.69) is 28.3 Å². The van der Waals surface area contributed by atoms with Crippen LogP contribution in [-0.2, 0) is 0 Å². The Morgan fingerprint density at radius 2 is 1.85 bits per heavy atom. The first kappa shape index (κ1) is 11.7. The molecule has 0 radical (unpaired) electrons. The van der Waals surface area contributed by atoms with E-state index in [1.807, 2.05) is 0 Å². The SMILES string of the molecule is C#CC.O=C(O)c1ccc(Br)cc1. The molecule has 1 rings (SSSR count). The number of hydrogen-bond donors (Lipinski definition) is 1. The highest BCUT2D eigenvalue weighted by Gasteiger charge is 1.98. The van der Waals surface area contributed by atoms with Crippen molar-refractivity contribution in [3.8, 4) is 12.3 Å². The molecule has 0 aliphatic carbocycles. The molecule has 3 heteroatoms. The molecule has 0 fully saturated rings. The van der Waals surface area contributed by atoms with Crippen LogP contribution in [0.25, 0.3) is 0 Å². The summed E-state index contributed by atoms with van der Waals surface area (Å²) in [6.07, 6.45) is 4.60. The first-order valence-corrected chi connectivity index (χ1v) is 4.27. The summed E-state index contributed by atoms with van der Waals surface area (Å²) in [4.78, 5) is 10.3. The molecular weight excluding hydrogens is 232 g/mol.